The van der Waals surface area contributed by atoms with E-state index in [2.05, 4.69) is 10.3 Å². The lowest BCUT2D eigenvalue weighted by atomic mass is 10.3. The molecule has 4 heteroatoms. The van der Waals surface area contributed by atoms with Crippen LogP contribution >= 0.6 is 0 Å². The van der Waals surface area contributed by atoms with Gasteiger partial charge in [-0.1, -0.05) is 24.3 Å². The Morgan fingerprint density at radius 1 is 1.05 bits per heavy atom. The van der Waals surface area contributed by atoms with Crippen LogP contribution in [-0.4, -0.2) is 9.38 Å². The average Bonchev–Trinajstić information content (AvgIpc) is 2.46. The molecule has 4 nitrogen and oxygen atoms in total. The molecule has 3 rings (SSSR count). The molecule has 0 bridgehead atoms. The lowest BCUT2D eigenvalue weighted by Crippen LogP contribution is -2.16. The van der Waals surface area contributed by atoms with Crippen molar-refractivity contribution in [3.05, 3.63) is 76.8 Å². The molecular formula is C15H13N3O. The molecule has 0 aliphatic carbocycles. The number of fused-ring (bicyclic) bond motifs is 1. The van der Waals surface area contributed by atoms with Crippen LogP contribution < -0.4 is 10.9 Å². The minimum atomic E-state index is -0.0598. The number of aromatic nitrogens is 2. The Morgan fingerprint density at radius 3 is 2.68 bits per heavy atom. The van der Waals surface area contributed by atoms with E-state index >= 15 is 0 Å². The first-order valence-electron chi connectivity index (χ1n) is 6.09. The maximum atomic E-state index is 11.9. The van der Waals surface area contributed by atoms with Crippen molar-refractivity contribution >= 4 is 11.3 Å². The van der Waals surface area contributed by atoms with Gasteiger partial charge in [-0.05, 0) is 24.3 Å². The van der Waals surface area contributed by atoms with E-state index in [1.54, 1.807) is 12.3 Å². The molecule has 0 aliphatic heterocycles. The van der Waals surface area contributed by atoms with Crippen molar-refractivity contribution in [1.82, 2.24) is 9.38 Å². The van der Waals surface area contributed by atoms with Crippen LogP contribution in [0.2, 0.25) is 0 Å². The highest BCUT2D eigenvalue weighted by Crippen LogP contribution is 2.07. The van der Waals surface area contributed by atoms with Crippen LogP contribution in [0.1, 0.15) is 5.69 Å². The molecule has 0 radical (unpaired) electrons. The summed E-state index contributed by atoms with van der Waals surface area (Å²) in [6, 6.07) is 16.9. The topological polar surface area (TPSA) is 46.4 Å². The summed E-state index contributed by atoms with van der Waals surface area (Å²) >= 11 is 0. The minimum Gasteiger partial charge on any atom is -0.379 e. The molecule has 1 aromatic carbocycles. The summed E-state index contributed by atoms with van der Waals surface area (Å²) in [6.07, 6.45) is 1.72. The van der Waals surface area contributed by atoms with Crippen LogP contribution in [0.25, 0.3) is 5.65 Å². The van der Waals surface area contributed by atoms with E-state index in [0.29, 0.717) is 12.2 Å². The van der Waals surface area contributed by atoms with Gasteiger partial charge in [-0.2, -0.15) is 0 Å². The van der Waals surface area contributed by atoms with Crippen molar-refractivity contribution in [1.29, 1.82) is 0 Å². The summed E-state index contributed by atoms with van der Waals surface area (Å²) < 4.78 is 1.53. The lowest BCUT2D eigenvalue weighted by molar-refractivity contribution is 0.971. The second-order valence-corrected chi connectivity index (χ2v) is 4.23. The van der Waals surface area contributed by atoms with Gasteiger partial charge in [0.2, 0.25) is 0 Å². The molecule has 0 amide bonds. The normalized spacial score (nSPS) is 10.5. The first-order valence-corrected chi connectivity index (χ1v) is 6.09. The summed E-state index contributed by atoms with van der Waals surface area (Å²) in [7, 11) is 0. The van der Waals surface area contributed by atoms with Crippen LogP contribution in [0.5, 0.6) is 0 Å². The van der Waals surface area contributed by atoms with Crippen molar-refractivity contribution in [2.75, 3.05) is 5.32 Å². The van der Waals surface area contributed by atoms with E-state index in [0.717, 1.165) is 11.4 Å². The first kappa shape index (κ1) is 11.5. The van der Waals surface area contributed by atoms with Crippen molar-refractivity contribution in [2.45, 2.75) is 6.54 Å². The van der Waals surface area contributed by atoms with Gasteiger partial charge in [0.25, 0.3) is 5.56 Å². The molecule has 0 aliphatic rings. The van der Waals surface area contributed by atoms with Crippen LogP contribution in [-0.2, 0) is 6.54 Å². The number of nitrogens with one attached hydrogen (secondary N) is 1. The van der Waals surface area contributed by atoms with Gasteiger partial charge in [0.15, 0.2) is 0 Å². The number of hydrogen-bond acceptors (Lipinski definition) is 3. The summed E-state index contributed by atoms with van der Waals surface area (Å²) in [6.45, 7) is 0.532. The molecule has 2 heterocycles. The highest BCUT2D eigenvalue weighted by molar-refractivity contribution is 5.43. The zero-order valence-corrected chi connectivity index (χ0v) is 10.3. The molecule has 1 N–H and O–H groups in total. The predicted octanol–water partition coefficient (Wildman–Crippen LogP) is 2.31. The fourth-order valence-corrected chi connectivity index (χ4v) is 1.94. The number of para-hydroxylation sites is 1. The summed E-state index contributed by atoms with van der Waals surface area (Å²) in [5.41, 5.74) is 2.35. The number of pyridine rings is 1. The molecule has 0 unspecified atom stereocenters. The second kappa shape index (κ2) is 4.94. The number of hydrogen-bond donors (Lipinski definition) is 1. The fraction of sp³-hybridized carbons (Fsp3) is 0.0667. The molecule has 94 valence electrons. The van der Waals surface area contributed by atoms with E-state index in [1.165, 1.54) is 4.40 Å². The van der Waals surface area contributed by atoms with E-state index in [9.17, 15) is 4.79 Å². The van der Waals surface area contributed by atoms with Gasteiger partial charge < -0.3 is 5.32 Å². The number of anilines is 1. The highest BCUT2D eigenvalue weighted by Gasteiger charge is 2.01. The lowest BCUT2D eigenvalue weighted by Gasteiger charge is -2.06. The molecule has 0 saturated carbocycles. The fourth-order valence-electron chi connectivity index (χ4n) is 1.94. The van der Waals surface area contributed by atoms with Gasteiger partial charge in [-0.3, -0.25) is 9.20 Å². The predicted molar refractivity (Wildman–Crippen MR) is 75.2 cm³/mol. The highest BCUT2D eigenvalue weighted by atomic mass is 16.1. The van der Waals surface area contributed by atoms with Crippen molar-refractivity contribution in [2.24, 2.45) is 0 Å². The molecule has 0 fully saturated rings. The number of rotatable bonds is 3. The minimum absolute atomic E-state index is 0.0598. The summed E-state index contributed by atoms with van der Waals surface area (Å²) in [4.78, 5) is 16.4. The monoisotopic (exact) mass is 251 g/mol. The third kappa shape index (κ3) is 2.47. The van der Waals surface area contributed by atoms with Gasteiger partial charge in [-0.15, -0.1) is 0 Å². The Labute approximate surface area is 110 Å². The van der Waals surface area contributed by atoms with E-state index < -0.39 is 0 Å². The smallest absolute Gasteiger partial charge is 0.258 e. The molecule has 0 atom stereocenters. The van der Waals surface area contributed by atoms with Crippen molar-refractivity contribution in [3.8, 4) is 0 Å². The van der Waals surface area contributed by atoms with E-state index in [4.69, 9.17) is 0 Å². The third-order valence-electron chi connectivity index (χ3n) is 2.87. The summed E-state index contributed by atoms with van der Waals surface area (Å²) in [5, 5.41) is 3.24. The zero-order chi connectivity index (χ0) is 13.1. The first-order chi connectivity index (χ1) is 9.33. The summed E-state index contributed by atoms with van der Waals surface area (Å²) in [5.74, 6) is 0. The van der Waals surface area contributed by atoms with Crippen LogP contribution in [0, 0.1) is 0 Å². The Hall–Kier alpha value is -2.62. The Morgan fingerprint density at radius 2 is 1.84 bits per heavy atom. The van der Waals surface area contributed by atoms with Crippen molar-refractivity contribution < 1.29 is 0 Å². The van der Waals surface area contributed by atoms with Gasteiger partial charge in [0.1, 0.15) is 5.65 Å². The van der Waals surface area contributed by atoms with Gasteiger partial charge in [0, 0.05) is 18.0 Å². The Bertz CT molecular complexity index is 750. The number of nitrogens with zero attached hydrogens (tertiary/aromatic N) is 2. The SMILES string of the molecule is O=c1cc(CNc2ccccc2)nc2ccccn12. The molecule has 3 aromatic rings. The largest absolute Gasteiger partial charge is 0.379 e. The van der Waals surface area contributed by atoms with Gasteiger partial charge in [0.05, 0.1) is 12.2 Å². The standard InChI is InChI=1S/C15H13N3O/c19-15-10-13(11-16-12-6-2-1-3-7-12)17-14-8-4-5-9-18(14)15/h1-10,16H,11H2. The molecule has 19 heavy (non-hydrogen) atoms. The third-order valence-corrected chi connectivity index (χ3v) is 2.87. The van der Waals surface area contributed by atoms with E-state index in [1.807, 2.05) is 48.5 Å². The van der Waals surface area contributed by atoms with Crippen molar-refractivity contribution in [3.63, 3.8) is 0 Å². The molecule has 0 saturated heterocycles. The van der Waals surface area contributed by atoms with Gasteiger partial charge in [-0.25, -0.2) is 4.98 Å². The van der Waals surface area contributed by atoms with Crippen LogP contribution in [0.15, 0.2) is 65.6 Å². The molecule has 2 aromatic heterocycles. The van der Waals surface area contributed by atoms with Gasteiger partial charge >= 0.3 is 0 Å². The quantitative estimate of drug-likeness (QED) is 0.777. The Balaban J connectivity index is 1.88. The van der Waals surface area contributed by atoms with Crippen LogP contribution in [0.3, 0.4) is 0 Å². The maximum absolute atomic E-state index is 11.9. The maximum Gasteiger partial charge on any atom is 0.258 e. The second-order valence-electron chi connectivity index (χ2n) is 4.23. The Kier molecular flexibility index (Phi) is 2.98. The molecule has 0 spiro atoms. The van der Waals surface area contributed by atoms with E-state index in [-0.39, 0.29) is 5.56 Å². The number of benzene rings is 1. The zero-order valence-electron chi connectivity index (χ0n) is 10.3. The van der Waals surface area contributed by atoms with Crippen LogP contribution in [0.4, 0.5) is 5.69 Å². The average molecular weight is 251 g/mol. The molecular weight excluding hydrogens is 238 g/mol.